The maximum Gasteiger partial charge on any atom is 0.0683 e. The Morgan fingerprint density at radius 1 is 0.923 bits per heavy atom. The lowest BCUT2D eigenvalue weighted by atomic mass is 9.47. The van der Waals surface area contributed by atoms with Crippen molar-refractivity contribution in [1.82, 2.24) is 0 Å². The average Bonchev–Trinajstić information content (AvgIpc) is 1.71. The molecule has 0 radical (unpaired) electrons. The van der Waals surface area contributed by atoms with E-state index in [1.165, 1.54) is 6.42 Å². The summed E-state index contributed by atoms with van der Waals surface area (Å²) in [6.07, 6.45) is 5.55. The second-order valence-corrected chi connectivity index (χ2v) is 6.27. The van der Waals surface area contributed by atoms with E-state index in [-0.39, 0.29) is 5.41 Å². The number of hydrogen-bond donors (Lipinski definition) is 2. The summed E-state index contributed by atoms with van der Waals surface area (Å²) in [6.45, 7) is 2.23. The molecule has 0 saturated heterocycles. The predicted octanol–water partition coefficient (Wildman–Crippen LogP) is 1.45. The van der Waals surface area contributed by atoms with Crippen LogP contribution in [0, 0.1) is 11.3 Å². The maximum absolute atomic E-state index is 10.3. The number of hydrogen-bond acceptors (Lipinski definition) is 2. The first-order valence-electron chi connectivity index (χ1n) is 5.35. The molecule has 4 aliphatic carbocycles. The highest BCUT2D eigenvalue weighted by atomic mass is 16.3. The lowest BCUT2D eigenvalue weighted by Crippen LogP contribution is -2.62. The molecular formula is C11H18O2. The Labute approximate surface area is 79.0 Å². The zero-order valence-electron chi connectivity index (χ0n) is 8.21. The molecule has 2 nitrogen and oxygen atoms in total. The predicted molar refractivity (Wildman–Crippen MR) is 49.2 cm³/mol. The van der Waals surface area contributed by atoms with Gasteiger partial charge in [-0.3, -0.25) is 0 Å². The molecule has 0 amide bonds. The first-order chi connectivity index (χ1) is 5.91. The van der Waals surface area contributed by atoms with Crippen molar-refractivity contribution in [3.05, 3.63) is 0 Å². The van der Waals surface area contributed by atoms with Crippen molar-refractivity contribution in [2.75, 3.05) is 0 Å². The molecule has 0 aliphatic heterocycles. The minimum atomic E-state index is -0.525. The number of aliphatic hydroxyl groups is 2. The monoisotopic (exact) mass is 182 g/mol. The van der Waals surface area contributed by atoms with Crippen molar-refractivity contribution < 1.29 is 10.2 Å². The van der Waals surface area contributed by atoms with Crippen molar-refractivity contribution in [3.8, 4) is 0 Å². The lowest BCUT2D eigenvalue weighted by Gasteiger charge is -2.62. The van der Waals surface area contributed by atoms with Crippen LogP contribution in [0.15, 0.2) is 0 Å². The van der Waals surface area contributed by atoms with Crippen LogP contribution in [0.3, 0.4) is 0 Å². The van der Waals surface area contributed by atoms with Crippen LogP contribution in [0.2, 0.25) is 0 Å². The summed E-state index contributed by atoms with van der Waals surface area (Å²) < 4.78 is 0. The Bertz CT molecular complexity index is 210. The third-order valence-electron chi connectivity index (χ3n) is 4.29. The van der Waals surface area contributed by atoms with E-state index < -0.39 is 11.2 Å². The minimum absolute atomic E-state index is 0.225. The van der Waals surface area contributed by atoms with Gasteiger partial charge in [0.25, 0.3) is 0 Å². The van der Waals surface area contributed by atoms with Gasteiger partial charge in [-0.25, -0.2) is 0 Å². The fourth-order valence-corrected chi connectivity index (χ4v) is 4.81. The topological polar surface area (TPSA) is 40.5 Å². The van der Waals surface area contributed by atoms with Gasteiger partial charge in [-0.05, 0) is 43.4 Å². The molecule has 4 fully saturated rings. The van der Waals surface area contributed by atoms with E-state index >= 15 is 0 Å². The van der Waals surface area contributed by atoms with E-state index in [0.717, 1.165) is 25.7 Å². The lowest BCUT2D eigenvalue weighted by molar-refractivity contribution is -0.225. The summed E-state index contributed by atoms with van der Waals surface area (Å²) in [5.74, 6) is 0.580. The van der Waals surface area contributed by atoms with E-state index in [4.69, 9.17) is 0 Å². The van der Waals surface area contributed by atoms with Gasteiger partial charge in [-0.2, -0.15) is 0 Å². The van der Waals surface area contributed by atoms with Crippen LogP contribution >= 0.6 is 0 Å². The van der Waals surface area contributed by atoms with Crippen LogP contribution in [-0.4, -0.2) is 21.4 Å². The Morgan fingerprint density at radius 2 is 1.46 bits per heavy atom. The van der Waals surface area contributed by atoms with Crippen molar-refractivity contribution in [3.63, 3.8) is 0 Å². The second-order valence-electron chi connectivity index (χ2n) is 6.27. The largest absolute Gasteiger partial charge is 0.390 e. The molecule has 13 heavy (non-hydrogen) atoms. The van der Waals surface area contributed by atoms with Crippen LogP contribution in [0.4, 0.5) is 0 Å². The highest BCUT2D eigenvalue weighted by molar-refractivity contribution is 5.12. The summed E-state index contributed by atoms with van der Waals surface area (Å²) in [4.78, 5) is 0. The Hall–Kier alpha value is -0.0800. The summed E-state index contributed by atoms with van der Waals surface area (Å²) >= 11 is 0. The van der Waals surface area contributed by atoms with E-state index in [0.29, 0.717) is 12.3 Å². The van der Waals surface area contributed by atoms with Gasteiger partial charge in [0.2, 0.25) is 0 Å². The van der Waals surface area contributed by atoms with E-state index in [9.17, 15) is 10.2 Å². The van der Waals surface area contributed by atoms with Crippen LogP contribution in [0.25, 0.3) is 0 Å². The molecule has 0 aromatic carbocycles. The van der Waals surface area contributed by atoms with Crippen molar-refractivity contribution in [2.45, 2.75) is 56.7 Å². The molecule has 4 rings (SSSR count). The molecule has 0 heterocycles. The van der Waals surface area contributed by atoms with E-state index in [2.05, 4.69) is 6.92 Å². The van der Waals surface area contributed by atoms with Gasteiger partial charge >= 0.3 is 0 Å². The van der Waals surface area contributed by atoms with Gasteiger partial charge in [0.1, 0.15) is 0 Å². The maximum atomic E-state index is 10.3. The molecule has 4 aliphatic rings. The summed E-state index contributed by atoms with van der Waals surface area (Å²) in [6, 6.07) is 0. The standard InChI is InChI=1S/C11H18O2/c1-9-2-8-3-10(12,5-9)7-11(13,4-8)6-9/h8,12-13H,2-7H2,1H3/t8?,9?,10-,11+. The first kappa shape index (κ1) is 8.25. The SMILES string of the molecule is CC12CC3C[C@@](O)(C1)C[C@](O)(C3)C2. The van der Waals surface area contributed by atoms with Gasteiger partial charge in [0.15, 0.2) is 0 Å². The summed E-state index contributed by atoms with van der Waals surface area (Å²) in [5.41, 5.74) is -0.825. The molecule has 2 heteroatoms. The van der Waals surface area contributed by atoms with E-state index in [1.54, 1.807) is 0 Å². The smallest absolute Gasteiger partial charge is 0.0683 e. The van der Waals surface area contributed by atoms with Gasteiger partial charge in [0, 0.05) is 6.42 Å². The first-order valence-corrected chi connectivity index (χ1v) is 5.35. The fraction of sp³-hybridized carbons (Fsp3) is 1.00. The second kappa shape index (κ2) is 1.96. The Balaban J connectivity index is 2.03. The third kappa shape index (κ3) is 1.08. The molecule has 4 bridgehead atoms. The molecule has 74 valence electrons. The molecular weight excluding hydrogens is 164 g/mol. The zero-order chi connectivity index (χ0) is 9.32. The molecule has 2 unspecified atom stereocenters. The number of rotatable bonds is 0. The average molecular weight is 182 g/mol. The quantitative estimate of drug-likeness (QED) is 0.595. The van der Waals surface area contributed by atoms with Crippen molar-refractivity contribution in [1.29, 1.82) is 0 Å². The Kier molecular flexibility index (Phi) is 1.24. The summed E-state index contributed by atoms with van der Waals surface area (Å²) in [5, 5.41) is 20.5. The molecule has 0 aromatic heterocycles. The van der Waals surface area contributed by atoms with Crippen LogP contribution in [-0.2, 0) is 0 Å². The van der Waals surface area contributed by atoms with Gasteiger partial charge in [0.05, 0.1) is 11.2 Å². The molecule has 0 spiro atoms. The van der Waals surface area contributed by atoms with Gasteiger partial charge in [-0.1, -0.05) is 6.92 Å². The molecule has 2 N–H and O–H groups in total. The molecule has 4 atom stereocenters. The molecule has 4 saturated carbocycles. The highest BCUT2D eigenvalue weighted by Gasteiger charge is 2.60. The van der Waals surface area contributed by atoms with Crippen molar-refractivity contribution in [2.24, 2.45) is 11.3 Å². The van der Waals surface area contributed by atoms with Gasteiger partial charge in [-0.15, -0.1) is 0 Å². The Morgan fingerprint density at radius 3 is 1.85 bits per heavy atom. The van der Waals surface area contributed by atoms with Gasteiger partial charge < -0.3 is 10.2 Å². The zero-order valence-corrected chi connectivity index (χ0v) is 8.21. The van der Waals surface area contributed by atoms with Crippen molar-refractivity contribution >= 4 is 0 Å². The van der Waals surface area contributed by atoms with Crippen LogP contribution in [0.1, 0.15) is 45.4 Å². The highest BCUT2D eigenvalue weighted by Crippen LogP contribution is 2.62. The minimum Gasteiger partial charge on any atom is -0.390 e. The third-order valence-corrected chi connectivity index (χ3v) is 4.29. The van der Waals surface area contributed by atoms with Crippen LogP contribution in [0.5, 0.6) is 0 Å². The molecule has 0 aromatic rings. The fourth-order valence-electron chi connectivity index (χ4n) is 4.81. The van der Waals surface area contributed by atoms with Crippen LogP contribution < -0.4 is 0 Å². The normalized spacial score (nSPS) is 64.4. The van der Waals surface area contributed by atoms with E-state index in [1.807, 2.05) is 0 Å². The summed E-state index contributed by atoms with van der Waals surface area (Å²) in [7, 11) is 0.